The van der Waals surface area contributed by atoms with E-state index in [0.29, 0.717) is 12.1 Å². The SMILES string of the molecule is CC(=O)COc1cccc(F)c1Oc1cc(-n2c(=O)cc(C(F)(F)F)n(C)c2=O)c(F)cc1C#N. The molecule has 0 unspecified atom stereocenters. The number of hydrogen-bond acceptors (Lipinski definition) is 6. The van der Waals surface area contributed by atoms with Crippen molar-refractivity contribution in [1.29, 1.82) is 5.26 Å². The zero-order valence-corrected chi connectivity index (χ0v) is 17.9. The zero-order chi connectivity index (χ0) is 26.1. The summed E-state index contributed by atoms with van der Waals surface area (Å²) in [4.78, 5) is 36.1. The van der Waals surface area contributed by atoms with Gasteiger partial charge in [0.1, 0.15) is 29.9 Å². The molecule has 0 bridgehead atoms. The highest BCUT2D eigenvalue weighted by Gasteiger charge is 2.35. The largest absolute Gasteiger partial charge is 0.482 e. The Morgan fingerprint density at radius 2 is 1.77 bits per heavy atom. The van der Waals surface area contributed by atoms with Crippen LogP contribution in [0.1, 0.15) is 18.2 Å². The molecule has 3 aromatic rings. The molecule has 0 N–H and O–H groups in total. The molecule has 1 aromatic heterocycles. The Bertz CT molecular complexity index is 1480. The van der Waals surface area contributed by atoms with Gasteiger partial charge in [-0.15, -0.1) is 0 Å². The van der Waals surface area contributed by atoms with E-state index in [-0.39, 0.29) is 21.0 Å². The van der Waals surface area contributed by atoms with Gasteiger partial charge in [0.2, 0.25) is 5.75 Å². The van der Waals surface area contributed by atoms with Crippen molar-refractivity contribution in [1.82, 2.24) is 9.13 Å². The molecule has 0 spiro atoms. The number of benzene rings is 2. The number of nitrogens with zero attached hydrogens (tertiary/aromatic N) is 3. The number of ether oxygens (including phenoxy) is 2. The highest BCUT2D eigenvalue weighted by molar-refractivity contribution is 5.77. The molecule has 0 fully saturated rings. The molecule has 2 aromatic carbocycles. The van der Waals surface area contributed by atoms with Crippen molar-refractivity contribution in [2.45, 2.75) is 13.1 Å². The Kier molecular flexibility index (Phi) is 6.77. The standard InChI is InChI=1S/C22H14F5N3O5/c1-11(31)10-34-16-5-3-4-13(23)20(16)35-17-7-15(14(24)6-12(17)9-28)30-19(32)8-18(22(25,26)27)29(2)21(30)33/h3-8H,10H2,1-2H3. The highest BCUT2D eigenvalue weighted by atomic mass is 19.4. The molecule has 3 rings (SSSR count). The number of halogens is 5. The van der Waals surface area contributed by atoms with Crippen LogP contribution < -0.4 is 20.7 Å². The minimum absolute atomic E-state index is 0.101. The summed E-state index contributed by atoms with van der Waals surface area (Å²) in [5.41, 5.74) is -5.94. The van der Waals surface area contributed by atoms with E-state index >= 15 is 0 Å². The predicted molar refractivity (Wildman–Crippen MR) is 110 cm³/mol. The molecule has 0 atom stereocenters. The van der Waals surface area contributed by atoms with Gasteiger partial charge in [-0.2, -0.15) is 18.4 Å². The van der Waals surface area contributed by atoms with Crippen LogP contribution in [0.5, 0.6) is 17.2 Å². The van der Waals surface area contributed by atoms with E-state index in [2.05, 4.69) is 0 Å². The Labute approximate surface area is 193 Å². The lowest BCUT2D eigenvalue weighted by Gasteiger charge is -2.16. The van der Waals surface area contributed by atoms with E-state index in [9.17, 15) is 41.6 Å². The van der Waals surface area contributed by atoms with Gasteiger partial charge in [0, 0.05) is 19.2 Å². The van der Waals surface area contributed by atoms with Crippen molar-refractivity contribution in [3.63, 3.8) is 0 Å². The smallest absolute Gasteiger partial charge is 0.431 e. The number of ketones is 1. The van der Waals surface area contributed by atoms with Crippen LogP contribution in [0, 0.1) is 23.0 Å². The molecule has 182 valence electrons. The molecule has 35 heavy (non-hydrogen) atoms. The van der Waals surface area contributed by atoms with Crippen molar-refractivity contribution in [3.05, 3.63) is 80.1 Å². The van der Waals surface area contributed by atoms with Crippen molar-refractivity contribution in [3.8, 4) is 29.0 Å². The first kappa shape index (κ1) is 25.2. The first-order valence-corrected chi connectivity index (χ1v) is 9.58. The van der Waals surface area contributed by atoms with Gasteiger partial charge in [-0.3, -0.25) is 14.2 Å². The van der Waals surface area contributed by atoms with Crippen molar-refractivity contribution in [2.24, 2.45) is 7.05 Å². The number of carbonyl (C=O) groups excluding carboxylic acids is 1. The summed E-state index contributed by atoms with van der Waals surface area (Å²) in [5.74, 6) is -4.11. The molecule has 0 radical (unpaired) electrons. The normalized spacial score (nSPS) is 11.1. The van der Waals surface area contributed by atoms with E-state index < -0.39 is 69.9 Å². The molecule has 0 aliphatic carbocycles. The number of aromatic nitrogens is 2. The fourth-order valence-electron chi connectivity index (χ4n) is 3.00. The number of nitriles is 1. The molecule has 13 heteroatoms. The second-order valence-corrected chi connectivity index (χ2v) is 7.11. The Morgan fingerprint density at radius 1 is 1.09 bits per heavy atom. The van der Waals surface area contributed by atoms with E-state index in [0.717, 1.165) is 13.1 Å². The lowest BCUT2D eigenvalue weighted by molar-refractivity contribution is -0.144. The van der Waals surface area contributed by atoms with E-state index in [4.69, 9.17) is 9.47 Å². The van der Waals surface area contributed by atoms with Crippen molar-refractivity contribution in [2.75, 3.05) is 6.61 Å². The molecule has 0 saturated carbocycles. The molecular weight excluding hydrogens is 481 g/mol. The summed E-state index contributed by atoms with van der Waals surface area (Å²) in [6, 6.07) is 6.39. The van der Waals surface area contributed by atoms with Gasteiger partial charge in [0.25, 0.3) is 5.56 Å². The maximum absolute atomic E-state index is 14.8. The highest BCUT2D eigenvalue weighted by Crippen LogP contribution is 2.37. The van der Waals surface area contributed by atoms with Crippen LogP contribution in [0.2, 0.25) is 0 Å². The van der Waals surface area contributed by atoms with Crippen molar-refractivity contribution >= 4 is 5.78 Å². The monoisotopic (exact) mass is 495 g/mol. The molecule has 1 heterocycles. The first-order chi connectivity index (χ1) is 16.3. The van der Waals surface area contributed by atoms with Gasteiger partial charge in [0.15, 0.2) is 17.3 Å². The summed E-state index contributed by atoms with van der Waals surface area (Å²) < 4.78 is 79.3. The second kappa shape index (κ2) is 9.41. The predicted octanol–water partition coefficient (Wildman–Crippen LogP) is 3.46. The third-order valence-electron chi connectivity index (χ3n) is 4.59. The van der Waals surface area contributed by atoms with Crippen LogP contribution in [0.3, 0.4) is 0 Å². The quantitative estimate of drug-likeness (QED) is 0.486. The van der Waals surface area contributed by atoms with Crippen LogP contribution >= 0.6 is 0 Å². The van der Waals surface area contributed by atoms with Gasteiger partial charge >= 0.3 is 11.9 Å². The topological polar surface area (TPSA) is 103 Å². The number of Topliss-reactive ketones (excluding diaryl/α,β-unsaturated/α-hetero) is 1. The third-order valence-corrected chi connectivity index (χ3v) is 4.59. The van der Waals surface area contributed by atoms with E-state index in [1.54, 1.807) is 6.07 Å². The van der Waals surface area contributed by atoms with Gasteiger partial charge in [-0.05, 0) is 25.1 Å². The van der Waals surface area contributed by atoms with E-state index in [1.807, 2.05) is 0 Å². The number of rotatable bonds is 6. The van der Waals surface area contributed by atoms with E-state index in [1.165, 1.54) is 19.1 Å². The molecule has 0 aliphatic heterocycles. The first-order valence-electron chi connectivity index (χ1n) is 9.58. The minimum atomic E-state index is -5.04. The number of carbonyl (C=O) groups is 1. The Hall–Kier alpha value is -4.47. The number of hydrogen-bond donors (Lipinski definition) is 0. The molecule has 8 nitrogen and oxygen atoms in total. The fraction of sp³-hybridized carbons (Fsp3) is 0.182. The fourth-order valence-corrected chi connectivity index (χ4v) is 3.00. The van der Waals surface area contributed by atoms with Gasteiger partial charge < -0.3 is 9.47 Å². The summed E-state index contributed by atoms with van der Waals surface area (Å²) >= 11 is 0. The maximum atomic E-state index is 14.8. The lowest BCUT2D eigenvalue weighted by atomic mass is 10.1. The number of para-hydroxylation sites is 1. The Morgan fingerprint density at radius 3 is 2.37 bits per heavy atom. The summed E-state index contributed by atoms with van der Waals surface area (Å²) in [6.07, 6.45) is -5.04. The average Bonchev–Trinajstić information content (AvgIpc) is 2.77. The van der Waals surface area contributed by atoms with Crippen LogP contribution in [-0.2, 0) is 18.0 Å². The van der Waals surface area contributed by atoms with Gasteiger partial charge in [-0.1, -0.05) is 6.07 Å². The molecule has 0 aliphatic rings. The third kappa shape index (κ3) is 5.06. The molecule has 0 amide bonds. The lowest BCUT2D eigenvalue weighted by Crippen LogP contribution is -2.41. The number of alkyl halides is 3. The van der Waals surface area contributed by atoms with Gasteiger partial charge in [0.05, 0.1) is 11.3 Å². The summed E-state index contributed by atoms with van der Waals surface area (Å²) in [7, 11) is 0.734. The maximum Gasteiger partial charge on any atom is 0.431 e. The summed E-state index contributed by atoms with van der Waals surface area (Å²) in [5, 5.41) is 9.35. The van der Waals surface area contributed by atoms with Crippen LogP contribution in [0.4, 0.5) is 22.0 Å². The van der Waals surface area contributed by atoms with Crippen LogP contribution in [0.15, 0.2) is 46.0 Å². The minimum Gasteiger partial charge on any atom is -0.482 e. The summed E-state index contributed by atoms with van der Waals surface area (Å²) in [6.45, 7) is 0.763. The van der Waals surface area contributed by atoms with Crippen LogP contribution in [-0.4, -0.2) is 21.5 Å². The average molecular weight is 495 g/mol. The molecular formula is C22H14F5N3O5. The second-order valence-electron chi connectivity index (χ2n) is 7.11. The Balaban J connectivity index is 2.20. The van der Waals surface area contributed by atoms with Crippen LogP contribution in [0.25, 0.3) is 5.69 Å². The zero-order valence-electron chi connectivity index (χ0n) is 17.9. The van der Waals surface area contributed by atoms with Gasteiger partial charge in [-0.25, -0.2) is 18.1 Å². The van der Waals surface area contributed by atoms with Crippen molar-refractivity contribution < 1.29 is 36.2 Å². The molecule has 0 saturated heterocycles.